The molecule has 9 heteroatoms. The summed E-state index contributed by atoms with van der Waals surface area (Å²) in [5, 5.41) is 7.22. The Morgan fingerprint density at radius 1 is 0.535 bits per heavy atom. The third-order valence-electron chi connectivity index (χ3n) is 7.39. The van der Waals surface area contributed by atoms with Crippen LogP contribution in [0.3, 0.4) is 0 Å². The zero-order valence-corrected chi connectivity index (χ0v) is 22.9. The second-order valence-corrected chi connectivity index (χ2v) is 10.2. The molecule has 1 aliphatic rings. The topological polar surface area (TPSA) is 108 Å². The molecule has 9 nitrogen and oxygen atoms in total. The van der Waals surface area contributed by atoms with Crippen LogP contribution in [0, 0.1) is 0 Å². The predicted octanol–water partition coefficient (Wildman–Crippen LogP) is 4.79. The van der Waals surface area contributed by atoms with E-state index in [4.69, 9.17) is 20.1 Å². The van der Waals surface area contributed by atoms with Gasteiger partial charge in [0, 0.05) is 59.4 Å². The first-order chi connectivity index (χ1) is 21.3. The van der Waals surface area contributed by atoms with E-state index in [0.717, 1.165) is 57.3 Å². The minimum Gasteiger partial charge on any atom is -0.264 e. The summed E-state index contributed by atoms with van der Waals surface area (Å²) in [7, 11) is 0. The van der Waals surface area contributed by atoms with Crippen molar-refractivity contribution in [2.75, 3.05) is 0 Å². The van der Waals surface area contributed by atoms with Gasteiger partial charge in [0.15, 0.2) is 17.5 Å². The summed E-state index contributed by atoms with van der Waals surface area (Å²) in [5.74, 6) is 1.48. The molecule has 43 heavy (non-hydrogen) atoms. The second-order valence-electron chi connectivity index (χ2n) is 10.2. The first kappa shape index (κ1) is 24.8. The third kappa shape index (κ3) is 4.72. The molecule has 7 heterocycles. The molecule has 8 rings (SSSR count). The Balaban J connectivity index is 1.25. The van der Waals surface area contributed by atoms with Crippen LogP contribution >= 0.6 is 0 Å². The van der Waals surface area contributed by atoms with Gasteiger partial charge in [-0.25, -0.2) is 19.5 Å². The molecule has 7 aromatic rings. The quantitative estimate of drug-likeness (QED) is 0.297. The average molecular weight is 558 g/mol. The van der Waals surface area contributed by atoms with Crippen molar-refractivity contribution in [3.8, 4) is 56.8 Å². The zero-order chi connectivity index (χ0) is 28.6. The number of hydrogen-bond donors (Lipinski definition) is 0. The third-order valence-corrected chi connectivity index (χ3v) is 7.39. The van der Waals surface area contributed by atoms with Crippen molar-refractivity contribution < 1.29 is 0 Å². The Bertz CT molecular complexity index is 2110. The van der Waals surface area contributed by atoms with E-state index in [2.05, 4.69) is 44.2 Å². The highest BCUT2D eigenvalue weighted by atomic mass is 15.2. The Morgan fingerprint density at radius 3 is 1.74 bits per heavy atom. The lowest BCUT2D eigenvalue weighted by atomic mass is 10.1. The predicted molar refractivity (Wildman–Crippen MR) is 164 cm³/mol. The number of nitrogens with zero attached hydrogens (tertiary/aromatic N) is 9. The van der Waals surface area contributed by atoms with Crippen molar-refractivity contribution in [3.05, 3.63) is 114 Å². The molecule has 1 aliphatic carbocycles. The standard InChI is InChI=1S/C34H23N9/c1-2-8-31-22(5-1)9-12-27-17-30(42-43(27)31)34-40-32(25-10-13-28(37-20-25)23-6-3-15-35-18-23)39-33(41-34)26-11-14-29(38-21-26)24-7-4-16-36-19-24/h3-21H,1-2H2. The summed E-state index contributed by atoms with van der Waals surface area (Å²) in [6.07, 6.45) is 17.1. The smallest absolute Gasteiger partial charge is 0.184 e. The number of aromatic nitrogens is 9. The Kier molecular flexibility index (Phi) is 6.03. The zero-order valence-electron chi connectivity index (χ0n) is 22.9. The monoisotopic (exact) mass is 557 g/mol. The normalized spacial score (nSPS) is 12.4. The molecule has 0 saturated heterocycles. The summed E-state index contributed by atoms with van der Waals surface area (Å²) in [5.41, 5.74) is 6.69. The Hall–Kier alpha value is -5.96. The molecule has 204 valence electrons. The van der Waals surface area contributed by atoms with Gasteiger partial charge in [0.05, 0.1) is 22.3 Å². The number of pyridine rings is 5. The van der Waals surface area contributed by atoms with Crippen molar-refractivity contribution in [1.82, 2.24) is 44.5 Å². The van der Waals surface area contributed by atoms with Gasteiger partial charge in [-0.05, 0) is 78.7 Å². The van der Waals surface area contributed by atoms with Gasteiger partial charge in [-0.15, -0.1) is 0 Å². The average Bonchev–Trinajstić information content (AvgIpc) is 3.54. The number of fused-ring (bicyclic) bond motifs is 3. The molecule has 0 N–H and O–H groups in total. The molecule has 0 amide bonds. The largest absolute Gasteiger partial charge is 0.264 e. The van der Waals surface area contributed by atoms with Crippen molar-refractivity contribution in [2.45, 2.75) is 12.8 Å². The van der Waals surface area contributed by atoms with Crippen LogP contribution in [-0.2, 0) is 0 Å². The van der Waals surface area contributed by atoms with Gasteiger partial charge < -0.3 is 0 Å². The number of hydrogen-bond acceptors (Lipinski definition) is 8. The van der Waals surface area contributed by atoms with Crippen molar-refractivity contribution in [3.63, 3.8) is 0 Å². The fraction of sp³-hybridized carbons (Fsp3) is 0.0588. The molecule has 0 saturated carbocycles. The molecule has 0 aromatic carbocycles. The van der Waals surface area contributed by atoms with E-state index >= 15 is 0 Å². The first-order valence-electron chi connectivity index (χ1n) is 14.0. The van der Waals surface area contributed by atoms with E-state index in [1.807, 2.05) is 59.1 Å². The van der Waals surface area contributed by atoms with Crippen molar-refractivity contribution in [1.29, 1.82) is 0 Å². The summed E-state index contributed by atoms with van der Waals surface area (Å²) in [4.78, 5) is 32.4. The SMILES string of the molecule is C1=c2ccc3cc(-c4nc(-c5ccc(-c6cccnc6)nc5)nc(-c5ccc(-c6cccnc6)nc5)n4)nn3c2=CCC1. The van der Waals surface area contributed by atoms with Crippen LogP contribution in [0.2, 0.25) is 0 Å². The molecule has 0 fully saturated rings. The van der Waals surface area contributed by atoms with Crippen LogP contribution in [-0.4, -0.2) is 44.5 Å². The highest BCUT2D eigenvalue weighted by molar-refractivity contribution is 5.69. The van der Waals surface area contributed by atoms with Gasteiger partial charge in [-0.2, -0.15) is 5.10 Å². The number of rotatable bonds is 5. The van der Waals surface area contributed by atoms with Crippen molar-refractivity contribution >= 4 is 17.7 Å². The van der Waals surface area contributed by atoms with E-state index in [0.29, 0.717) is 23.2 Å². The van der Waals surface area contributed by atoms with Gasteiger partial charge in [0.25, 0.3) is 0 Å². The molecular formula is C34H23N9. The maximum Gasteiger partial charge on any atom is 0.184 e. The van der Waals surface area contributed by atoms with Crippen LogP contribution in [0.5, 0.6) is 0 Å². The lowest BCUT2D eigenvalue weighted by Gasteiger charge is -2.08. The maximum absolute atomic E-state index is 4.94. The van der Waals surface area contributed by atoms with Crippen LogP contribution in [0.4, 0.5) is 0 Å². The van der Waals surface area contributed by atoms with Crippen LogP contribution in [0.1, 0.15) is 12.8 Å². The molecule has 0 atom stereocenters. The molecule has 0 aliphatic heterocycles. The van der Waals surface area contributed by atoms with Gasteiger partial charge >= 0.3 is 0 Å². The lowest BCUT2D eigenvalue weighted by Crippen LogP contribution is -2.33. The highest BCUT2D eigenvalue weighted by Crippen LogP contribution is 2.26. The maximum atomic E-state index is 4.94. The fourth-order valence-electron chi connectivity index (χ4n) is 5.21. The molecular weight excluding hydrogens is 534 g/mol. The summed E-state index contributed by atoms with van der Waals surface area (Å²) in [6.45, 7) is 0. The van der Waals surface area contributed by atoms with Gasteiger partial charge in [0.1, 0.15) is 5.69 Å². The molecule has 0 radical (unpaired) electrons. The van der Waals surface area contributed by atoms with Gasteiger partial charge in [-0.3, -0.25) is 19.9 Å². The Morgan fingerprint density at radius 2 is 1.16 bits per heavy atom. The molecule has 7 aromatic heterocycles. The van der Waals surface area contributed by atoms with Crippen molar-refractivity contribution in [2.24, 2.45) is 0 Å². The van der Waals surface area contributed by atoms with E-state index in [-0.39, 0.29) is 0 Å². The molecule has 0 spiro atoms. The lowest BCUT2D eigenvalue weighted by molar-refractivity contribution is 0.897. The summed E-state index contributed by atoms with van der Waals surface area (Å²) >= 11 is 0. The Labute approximate surface area is 246 Å². The van der Waals surface area contributed by atoms with Crippen LogP contribution in [0.15, 0.2) is 104 Å². The van der Waals surface area contributed by atoms with Gasteiger partial charge in [0.2, 0.25) is 0 Å². The minimum atomic E-state index is 0.477. The molecule has 0 unspecified atom stereocenters. The van der Waals surface area contributed by atoms with E-state index in [1.165, 1.54) is 5.22 Å². The van der Waals surface area contributed by atoms with E-state index in [1.54, 1.807) is 37.2 Å². The fourth-order valence-corrected chi connectivity index (χ4v) is 5.21. The summed E-state index contributed by atoms with van der Waals surface area (Å²) in [6, 6.07) is 21.8. The van der Waals surface area contributed by atoms with Crippen LogP contribution in [0.25, 0.3) is 74.5 Å². The molecule has 0 bridgehead atoms. The van der Waals surface area contributed by atoms with E-state index < -0.39 is 0 Å². The minimum absolute atomic E-state index is 0.477. The van der Waals surface area contributed by atoms with E-state index in [9.17, 15) is 0 Å². The highest BCUT2D eigenvalue weighted by Gasteiger charge is 2.16. The second kappa shape index (κ2) is 10.5. The first-order valence-corrected chi connectivity index (χ1v) is 14.0. The van der Waals surface area contributed by atoms with Crippen LogP contribution < -0.4 is 10.6 Å². The summed E-state index contributed by atoms with van der Waals surface area (Å²) < 4.78 is 1.97. The van der Waals surface area contributed by atoms with Gasteiger partial charge in [-0.1, -0.05) is 18.2 Å².